The van der Waals surface area contributed by atoms with Crippen molar-refractivity contribution >= 4 is 33.0 Å². The molecule has 0 bridgehead atoms. The van der Waals surface area contributed by atoms with Crippen LogP contribution in [0.5, 0.6) is 0 Å². The van der Waals surface area contributed by atoms with E-state index in [0.29, 0.717) is 0 Å². The summed E-state index contributed by atoms with van der Waals surface area (Å²) in [5, 5.41) is 12.7. The number of nitrogens with zero attached hydrogens (tertiary/aromatic N) is 1. The maximum atomic E-state index is 8.95. The fraction of sp³-hybridized carbons (Fsp3) is 0.182. The minimum absolute atomic E-state index is 0.736. The monoisotopic (exact) mass is 221 g/mol. The highest BCUT2D eigenvalue weighted by Gasteiger charge is 2.10. The standard InChI is InChI=1S/C11H8ClNS/c1-2-8-7(5-13)3-4-10-11(8)9(12)6-14-10/h3-4,6H,2H2,1H3. The van der Waals surface area contributed by atoms with Crippen molar-refractivity contribution in [3.05, 3.63) is 33.7 Å². The molecule has 3 heteroatoms. The van der Waals surface area contributed by atoms with Crippen LogP contribution < -0.4 is 0 Å². The highest BCUT2D eigenvalue weighted by Crippen LogP contribution is 2.34. The van der Waals surface area contributed by atoms with Gasteiger partial charge in [-0.2, -0.15) is 5.26 Å². The number of hydrogen-bond acceptors (Lipinski definition) is 2. The number of nitriles is 1. The molecule has 1 aromatic heterocycles. The zero-order chi connectivity index (χ0) is 10.1. The van der Waals surface area contributed by atoms with E-state index >= 15 is 0 Å². The topological polar surface area (TPSA) is 23.8 Å². The Morgan fingerprint density at radius 1 is 1.50 bits per heavy atom. The fourth-order valence-corrected chi connectivity index (χ4v) is 2.88. The summed E-state index contributed by atoms with van der Waals surface area (Å²) in [6.07, 6.45) is 0.844. The van der Waals surface area contributed by atoms with Crippen LogP contribution in [-0.2, 0) is 6.42 Å². The molecule has 0 aliphatic rings. The van der Waals surface area contributed by atoms with Gasteiger partial charge in [0.25, 0.3) is 0 Å². The molecule has 0 atom stereocenters. The molecule has 0 unspecified atom stereocenters. The number of rotatable bonds is 1. The quantitative estimate of drug-likeness (QED) is 0.715. The molecule has 1 heterocycles. The van der Waals surface area contributed by atoms with E-state index in [4.69, 9.17) is 16.9 Å². The molecule has 0 aliphatic heterocycles. The van der Waals surface area contributed by atoms with Crippen molar-refractivity contribution in [3.8, 4) is 6.07 Å². The maximum Gasteiger partial charge on any atom is 0.0994 e. The molecular weight excluding hydrogens is 214 g/mol. The van der Waals surface area contributed by atoms with Crippen molar-refractivity contribution in [2.24, 2.45) is 0 Å². The Bertz CT molecular complexity index is 522. The van der Waals surface area contributed by atoms with E-state index in [-0.39, 0.29) is 0 Å². The number of fused-ring (bicyclic) bond motifs is 1. The molecule has 70 valence electrons. The van der Waals surface area contributed by atoms with Crippen LogP contribution in [0.3, 0.4) is 0 Å². The highest BCUT2D eigenvalue weighted by atomic mass is 35.5. The first-order valence-electron chi connectivity index (χ1n) is 4.36. The predicted molar refractivity (Wildman–Crippen MR) is 60.9 cm³/mol. The van der Waals surface area contributed by atoms with E-state index < -0.39 is 0 Å². The Balaban J connectivity index is 2.89. The van der Waals surface area contributed by atoms with Crippen LogP contribution >= 0.6 is 22.9 Å². The molecule has 1 aromatic carbocycles. The molecule has 0 amide bonds. The average molecular weight is 222 g/mol. The molecule has 0 saturated heterocycles. The first kappa shape index (κ1) is 9.51. The minimum atomic E-state index is 0.736. The second-order valence-electron chi connectivity index (χ2n) is 3.01. The third-order valence-corrected chi connectivity index (χ3v) is 3.65. The molecule has 0 spiro atoms. The summed E-state index contributed by atoms with van der Waals surface area (Å²) in [6.45, 7) is 2.05. The molecule has 0 N–H and O–H groups in total. The molecule has 0 aliphatic carbocycles. The Hall–Kier alpha value is -1.04. The number of benzene rings is 1. The molecule has 2 aromatic rings. The Morgan fingerprint density at radius 2 is 2.29 bits per heavy atom. The van der Waals surface area contributed by atoms with Crippen LogP contribution in [0.15, 0.2) is 17.5 Å². The summed E-state index contributed by atoms with van der Waals surface area (Å²) in [7, 11) is 0. The van der Waals surface area contributed by atoms with Gasteiger partial charge in [-0.25, -0.2) is 0 Å². The third-order valence-electron chi connectivity index (χ3n) is 2.28. The van der Waals surface area contributed by atoms with Gasteiger partial charge in [-0.1, -0.05) is 18.5 Å². The van der Waals surface area contributed by atoms with E-state index in [1.165, 1.54) is 0 Å². The smallest absolute Gasteiger partial charge is 0.0994 e. The third kappa shape index (κ3) is 1.30. The van der Waals surface area contributed by atoms with Gasteiger partial charge in [0.05, 0.1) is 16.7 Å². The highest BCUT2D eigenvalue weighted by molar-refractivity contribution is 7.17. The number of hydrogen-bond donors (Lipinski definition) is 0. The molecule has 0 saturated carbocycles. The summed E-state index contributed by atoms with van der Waals surface area (Å²) in [4.78, 5) is 0. The van der Waals surface area contributed by atoms with Crippen LogP contribution in [0.4, 0.5) is 0 Å². The van der Waals surface area contributed by atoms with Crippen molar-refractivity contribution in [1.82, 2.24) is 0 Å². The van der Waals surface area contributed by atoms with Gasteiger partial charge < -0.3 is 0 Å². The summed E-state index contributed by atoms with van der Waals surface area (Å²) >= 11 is 7.71. The van der Waals surface area contributed by atoms with Crippen molar-refractivity contribution in [3.63, 3.8) is 0 Å². The van der Waals surface area contributed by atoms with Crippen LogP contribution in [0.1, 0.15) is 18.1 Å². The van der Waals surface area contributed by atoms with Gasteiger partial charge in [-0.05, 0) is 24.1 Å². The lowest BCUT2D eigenvalue weighted by Gasteiger charge is -2.02. The summed E-state index contributed by atoms with van der Waals surface area (Å²) in [6, 6.07) is 6.03. The molecule has 14 heavy (non-hydrogen) atoms. The van der Waals surface area contributed by atoms with Crippen LogP contribution in [0, 0.1) is 11.3 Å². The first-order chi connectivity index (χ1) is 6.77. The fourth-order valence-electron chi connectivity index (χ4n) is 1.63. The van der Waals surface area contributed by atoms with E-state index in [1.807, 2.05) is 24.4 Å². The van der Waals surface area contributed by atoms with E-state index in [2.05, 4.69) is 6.07 Å². The van der Waals surface area contributed by atoms with Crippen LogP contribution in [-0.4, -0.2) is 0 Å². The predicted octanol–water partition coefficient (Wildman–Crippen LogP) is 3.99. The summed E-state index contributed by atoms with van der Waals surface area (Å²) in [5.74, 6) is 0. The van der Waals surface area contributed by atoms with E-state index in [1.54, 1.807) is 11.3 Å². The first-order valence-corrected chi connectivity index (χ1v) is 5.62. The van der Waals surface area contributed by atoms with Gasteiger partial charge in [0.15, 0.2) is 0 Å². The largest absolute Gasteiger partial charge is 0.192 e. The Morgan fingerprint density at radius 3 is 2.93 bits per heavy atom. The van der Waals surface area contributed by atoms with Gasteiger partial charge in [-0.3, -0.25) is 0 Å². The van der Waals surface area contributed by atoms with Crippen molar-refractivity contribution in [2.45, 2.75) is 13.3 Å². The zero-order valence-corrected chi connectivity index (χ0v) is 9.25. The van der Waals surface area contributed by atoms with Gasteiger partial charge >= 0.3 is 0 Å². The van der Waals surface area contributed by atoms with Crippen molar-refractivity contribution in [1.29, 1.82) is 5.26 Å². The van der Waals surface area contributed by atoms with Crippen molar-refractivity contribution in [2.75, 3.05) is 0 Å². The molecule has 2 rings (SSSR count). The molecule has 0 fully saturated rings. The zero-order valence-electron chi connectivity index (χ0n) is 7.67. The number of halogens is 1. The van der Waals surface area contributed by atoms with E-state index in [9.17, 15) is 0 Å². The molecule has 0 radical (unpaired) electrons. The summed E-state index contributed by atoms with van der Waals surface area (Å²) in [5.41, 5.74) is 1.80. The summed E-state index contributed by atoms with van der Waals surface area (Å²) < 4.78 is 1.16. The van der Waals surface area contributed by atoms with Crippen molar-refractivity contribution < 1.29 is 0 Å². The normalized spacial score (nSPS) is 10.4. The van der Waals surface area contributed by atoms with Gasteiger partial charge in [-0.15, -0.1) is 11.3 Å². The van der Waals surface area contributed by atoms with Gasteiger partial charge in [0.1, 0.15) is 0 Å². The lowest BCUT2D eigenvalue weighted by molar-refractivity contribution is 1.15. The molecule has 1 nitrogen and oxygen atoms in total. The van der Waals surface area contributed by atoms with E-state index in [0.717, 1.165) is 32.7 Å². The average Bonchev–Trinajstić information content (AvgIpc) is 2.59. The second kappa shape index (κ2) is 3.61. The minimum Gasteiger partial charge on any atom is -0.192 e. The second-order valence-corrected chi connectivity index (χ2v) is 4.33. The SMILES string of the molecule is CCc1c(C#N)ccc2scc(Cl)c12. The lowest BCUT2D eigenvalue weighted by Crippen LogP contribution is -1.87. The molecular formula is C11H8ClNS. The van der Waals surface area contributed by atoms with Crippen LogP contribution in [0.25, 0.3) is 10.1 Å². The number of aryl methyl sites for hydroxylation is 1. The number of thiophene rings is 1. The maximum absolute atomic E-state index is 8.95. The van der Waals surface area contributed by atoms with Gasteiger partial charge in [0, 0.05) is 15.5 Å². The Labute approximate surface area is 91.5 Å². The van der Waals surface area contributed by atoms with Crippen LogP contribution in [0.2, 0.25) is 5.02 Å². The Kier molecular flexibility index (Phi) is 2.45. The van der Waals surface area contributed by atoms with Gasteiger partial charge in [0.2, 0.25) is 0 Å². The lowest BCUT2D eigenvalue weighted by atomic mass is 10.0.